The van der Waals surface area contributed by atoms with Gasteiger partial charge in [0.05, 0.1) is 20.7 Å². The number of quaternary nitrogens is 1. The molecule has 0 aromatic rings. The summed E-state index contributed by atoms with van der Waals surface area (Å²) < 4.78 is 32.9. The fraction of sp³-hybridized carbons (Fsp3) is 0.727. The van der Waals surface area contributed by atoms with E-state index in [9.17, 15) is 13.2 Å². The molecule has 114 valence electrons. The normalized spacial score (nSPS) is 11.6. The van der Waals surface area contributed by atoms with Crippen molar-refractivity contribution >= 4 is 16.3 Å². The zero-order valence-corrected chi connectivity index (χ0v) is 12.7. The van der Waals surface area contributed by atoms with Crippen LogP contribution in [0.3, 0.4) is 0 Å². The van der Waals surface area contributed by atoms with Crippen LogP contribution in [0.4, 0.5) is 0 Å². The smallest absolute Gasteiger partial charge is 0.435 e. The summed E-state index contributed by atoms with van der Waals surface area (Å²) in [5, 5.41) is 0. The zero-order valence-electron chi connectivity index (χ0n) is 11.9. The first-order valence-electron chi connectivity index (χ1n) is 5.69. The minimum Gasteiger partial charge on any atom is -0.870 e. The van der Waals surface area contributed by atoms with Crippen molar-refractivity contribution in [1.29, 1.82) is 0 Å². The first kappa shape index (κ1) is 20.4. The van der Waals surface area contributed by atoms with Crippen molar-refractivity contribution in [2.45, 2.75) is 20.3 Å². The van der Waals surface area contributed by atoms with Gasteiger partial charge in [0.2, 0.25) is 0 Å². The Morgan fingerprint density at radius 3 is 2.21 bits per heavy atom. The average Bonchev–Trinajstić information content (AvgIpc) is 2.25. The largest absolute Gasteiger partial charge is 0.870 e. The lowest BCUT2D eigenvalue weighted by Crippen LogP contribution is -2.48. The predicted molar refractivity (Wildman–Crippen MR) is 69.8 cm³/mol. The topological polar surface area (TPSA) is 99.7 Å². The van der Waals surface area contributed by atoms with E-state index in [0.717, 1.165) is 0 Å². The van der Waals surface area contributed by atoms with Crippen molar-refractivity contribution in [3.8, 4) is 0 Å². The van der Waals surface area contributed by atoms with Gasteiger partial charge in [-0.3, -0.25) is 0 Å². The van der Waals surface area contributed by atoms with Gasteiger partial charge in [0.25, 0.3) is 0 Å². The van der Waals surface area contributed by atoms with Crippen molar-refractivity contribution in [3.05, 3.63) is 12.2 Å². The molecule has 0 unspecified atom stereocenters. The second kappa shape index (κ2) is 8.26. The fourth-order valence-corrected chi connectivity index (χ4v) is 1.89. The van der Waals surface area contributed by atoms with E-state index in [0.29, 0.717) is 6.42 Å². The molecule has 0 rings (SSSR count). The van der Waals surface area contributed by atoms with E-state index in [2.05, 4.69) is 6.58 Å². The second-order valence-electron chi connectivity index (χ2n) is 4.46. The summed E-state index contributed by atoms with van der Waals surface area (Å²) >= 11 is 0. The van der Waals surface area contributed by atoms with E-state index in [4.69, 9.17) is 8.92 Å². The Morgan fingerprint density at radius 1 is 1.26 bits per heavy atom. The molecular formula is C11H23NO6S. The van der Waals surface area contributed by atoms with Gasteiger partial charge in [-0.25, -0.2) is 8.98 Å². The van der Waals surface area contributed by atoms with E-state index in [1.165, 1.54) is 21.0 Å². The molecule has 0 atom stereocenters. The highest BCUT2D eigenvalue weighted by molar-refractivity contribution is 7.81. The van der Waals surface area contributed by atoms with E-state index in [-0.39, 0.29) is 30.8 Å². The molecule has 0 amide bonds. The summed E-state index contributed by atoms with van der Waals surface area (Å²) in [4.78, 5) is 11.1. The molecule has 19 heavy (non-hydrogen) atoms. The summed E-state index contributed by atoms with van der Waals surface area (Å²) in [6.45, 7) is 7.05. The Kier molecular flexibility index (Phi) is 8.85. The summed E-state index contributed by atoms with van der Waals surface area (Å²) in [6, 6.07) is 0. The third kappa shape index (κ3) is 6.67. The van der Waals surface area contributed by atoms with Crippen molar-refractivity contribution < 1.29 is 31.5 Å². The molecule has 7 nitrogen and oxygen atoms in total. The molecule has 0 fully saturated rings. The van der Waals surface area contributed by atoms with Crippen molar-refractivity contribution in [2.75, 3.05) is 33.9 Å². The molecular weight excluding hydrogens is 274 g/mol. The third-order valence-electron chi connectivity index (χ3n) is 2.25. The quantitative estimate of drug-likeness (QED) is 0.371. The van der Waals surface area contributed by atoms with Gasteiger partial charge >= 0.3 is 16.3 Å². The molecule has 1 N–H and O–H groups in total. The Bertz CT molecular complexity index is 401. The van der Waals surface area contributed by atoms with Crippen LogP contribution in [0.1, 0.15) is 20.3 Å². The number of rotatable bonds is 8. The highest BCUT2D eigenvalue weighted by Gasteiger charge is 2.34. The number of hydrogen-bond acceptors (Lipinski definition) is 6. The molecule has 0 spiro atoms. The SMILES string of the molecule is C=C(C)C(=O)OCC[N+](C)(C)S(=O)(=O)OCCC.[OH-]. The van der Waals surface area contributed by atoms with Crippen molar-refractivity contribution in [1.82, 2.24) is 0 Å². The Balaban J connectivity index is 0. The molecule has 0 aliphatic rings. The van der Waals surface area contributed by atoms with Crippen LogP contribution in [-0.2, 0) is 24.0 Å². The number of nitrogens with zero attached hydrogens (tertiary/aromatic N) is 1. The minimum atomic E-state index is -3.72. The van der Waals surface area contributed by atoms with Gasteiger partial charge in [0, 0.05) is 5.57 Å². The maximum Gasteiger partial charge on any atom is 0.435 e. The summed E-state index contributed by atoms with van der Waals surface area (Å²) in [5.41, 5.74) is 0.283. The maximum atomic E-state index is 11.8. The third-order valence-corrected chi connectivity index (χ3v) is 4.11. The van der Waals surface area contributed by atoms with Crippen LogP contribution in [0.2, 0.25) is 0 Å². The molecule has 0 aromatic heterocycles. The molecule has 0 bridgehead atoms. The van der Waals surface area contributed by atoms with Crippen molar-refractivity contribution in [2.24, 2.45) is 0 Å². The Labute approximate surface area is 115 Å². The van der Waals surface area contributed by atoms with Crippen LogP contribution < -0.4 is 0 Å². The van der Waals surface area contributed by atoms with Crippen LogP contribution in [0, 0.1) is 0 Å². The summed E-state index contributed by atoms with van der Waals surface area (Å²) in [5.74, 6) is -0.526. The molecule has 0 heterocycles. The molecule has 0 radical (unpaired) electrons. The van der Waals surface area contributed by atoms with Gasteiger partial charge in [-0.15, -0.1) is 8.42 Å². The lowest BCUT2D eigenvalue weighted by Gasteiger charge is -2.26. The van der Waals surface area contributed by atoms with Gasteiger partial charge in [-0.2, -0.15) is 3.89 Å². The molecule has 0 aliphatic heterocycles. The van der Waals surface area contributed by atoms with Crippen LogP contribution in [0.15, 0.2) is 12.2 Å². The summed E-state index contributed by atoms with van der Waals surface area (Å²) in [6.07, 6.45) is 0.615. The molecule has 0 aliphatic carbocycles. The number of carbonyl (C=O) groups excluding carboxylic acids is 1. The van der Waals surface area contributed by atoms with E-state index in [1.807, 2.05) is 6.92 Å². The number of hydrogen-bond donors (Lipinski definition) is 0. The minimum absolute atomic E-state index is 0. The monoisotopic (exact) mass is 297 g/mol. The van der Waals surface area contributed by atoms with Crippen LogP contribution >= 0.6 is 0 Å². The van der Waals surface area contributed by atoms with Gasteiger partial charge in [0.1, 0.15) is 13.2 Å². The average molecular weight is 297 g/mol. The zero-order chi connectivity index (χ0) is 14.4. The molecule has 0 aromatic carbocycles. The van der Waals surface area contributed by atoms with E-state index >= 15 is 0 Å². The lowest BCUT2D eigenvalue weighted by molar-refractivity contribution is -0.768. The molecule has 8 heteroatoms. The highest BCUT2D eigenvalue weighted by Crippen LogP contribution is 2.10. The Morgan fingerprint density at radius 2 is 1.79 bits per heavy atom. The standard InChI is InChI=1S/C11H22NO5S.H2O/c1-6-8-17-18(14,15)12(4,5)7-9-16-11(13)10(2)3;/h2,6-9H2,1,3-5H3;1H2/q+1;/p-1. The van der Waals surface area contributed by atoms with Gasteiger partial charge in [-0.1, -0.05) is 13.5 Å². The number of carbonyl (C=O) groups is 1. The van der Waals surface area contributed by atoms with Gasteiger partial charge < -0.3 is 10.2 Å². The first-order valence-corrected chi connectivity index (χ1v) is 7.05. The second-order valence-corrected chi connectivity index (χ2v) is 6.54. The highest BCUT2D eigenvalue weighted by atomic mass is 32.2. The number of likely N-dealkylation sites (N-methyl/N-ethyl adjacent to an activating group) is 1. The Hall–Kier alpha value is -0.960. The number of esters is 1. The van der Waals surface area contributed by atoms with E-state index < -0.39 is 20.2 Å². The lowest BCUT2D eigenvalue weighted by atomic mass is 10.4. The van der Waals surface area contributed by atoms with Gasteiger partial charge in [0.15, 0.2) is 0 Å². The predicted octanol–water partition coefficient (Wildman–Crippen LogP) is 0.677. The van der Waals surface area contributed by atoms with Crippen molar-refractivity contribution in [3.63, 3.8) is 0 Å². The number of ether oxygens (including phenoxy) is 1. The van der Waals surface area contributed by atoms with Crippen LogP contribution in [0.5, 0.6) is 0 Å². The fourth-order valence-electron chi connectivity index (χ4n) is 0.925. The molecule has 0 saturated heterocycles. The maximum absolute atomic E-state index is 11.8. The first-order chi connectivity index (χ1) is 8.14. The van der Waals surface area contributed by atoms with Gasteiger partial charge in [-0.05, 0) is 13.3 Å². The van der Waals surface area contributed by atoms with Crippen LogP contribution in [-0.4, -0.2) is 57.6 Å². The van der Waals surface area contributed by atoms with Crippen LogP contribution in [0.25, 0.3) is 0 Å². The molecule has 0 saturated carbocycles. The summed E-state index contributed by atoms with van der Waals surface area (Å²) in [7, 11) is -0.745. The van der Waals surface area contributed by atoms with E-state index in [1.54, 1.807) is 0 Å².